The summed E-state index contributed by atoms with van der Waals surface area (Å²) in [7, 11) is 0. The summed E-state index contributed by atoms with van der Waals surface area (Å²) >= 11 is 0. The molecule has 2 aromatic heterocycles. The molecule has 4 heterocycles. The van der Waals surface area contributed by atoms with Crippen LogP contribution in [0.3, 0.4) is 0 Å². The van der Waals surface area contributed by atoms with E-state index in [-0.39, 0.29) is 0 Å². The molecule has 2 unspecified atom stereocenters. The van der Waals surface area contributed by atoms with E-state index in [9.17, 15) is 0 Å². The Kier molecular flexibility index (Phi) is 3.22. The van der Waals surface area contributed by atoms with Crippen LogP contribution in [-0.2, 0) is 6.42 Å². The lowest BCUT2D eigenvalue weighted by molar-refractivity contribution is 0.270. The molecule has 2 fully saturated rings. The van der Waals surface area contributed by atoms with Gasteiger partial charge in [-0.15, -0.1) is 0 Å². The number of hydrogen-bond acceptors (Lipinski definition) is 5. The summed E-state index contributed by atoms with van der Waals surface area (Å²) in [4.78, 5) is 8.89. The monoisotopic (exact) mass is 284 g/mol. The molecule has 0 spiro atoms. The van der Waals surface area contributed by atoms with Gasteiger partial charge in [0.1, 0.15) is 5.69 Å². The van der Waals surface area contributed by atoms with Crippen LogP contribution in [0, 0.1) is 12.8 Å². The van der Waals surface area contributed by atoms with Crippen molar-refractivity contribution in [2.45, 2.75) is 51.1 Å². The molecule has 0 aromatic carbocycles. The summed E-state index contributed by atoms with van der Waals surface area (Å²) in [5.74, 6) is 2.03. The van der Waals surface area contributed by atoms with E-state index in [1.165, 1.54) is 25.7 Å². The van der Waals surface area contributed by atoms with Crippen molar-refractivity contribution in [3.05, 3.63) is 29.8 Å². The highest BCUT2D eigenvalue weighted by Crippen LogP contribution is 2.32. The second-order valence-corrected chi connectivity index (χ2v) is 6.36. The summed E-state index contributed by atoms with van der Waals surface area (Å²) in [6, 6.07) is 5.34. The van der Waals surface area contributed by atoms with Gasteiger partial charge in [0.2, 0.25) is 11.7 Å². The first kappa shape index (κ1) is 13.0. The topological polar surface area (TPSA) is 63.8 Å². The molecule has 110 valence electrons. The number of piperidine rings is 1. The Morgan fingerprint density at radius 2 is 2.10 bits per heavy atom. The SMILES string of the molecule is Cc1cccnc1-c1noc(CC2CC3CCC(C2)N3)n1. The molecular weight excluding hydrogens is 264 g/mol. The third kappa shape index (κ3) is 2.58. The Labute approximate surface area is 124 Å². The Hall–Kier alpha value is -1.75. The summed E-state index contributed by atoms with van der Waals surface area (Å²) in [6.07, 6.45) is 7.77. The molecule has 2 aromatic rings. The quantitative estimate of drug-likeness (QED) is 0.938. The van der Waals surface area contributed by atoms with Gasteiger partial charge in [0.05, 0.1) is 0 Å². The van der Waals surface area contributed by atoms with Gasteiger partial charge in [-0.05, 0) is 50.2 Å². The van der Waals surface area contributed by atoms with Crippen molar-refractivity contribution in [1.82, 2.24) is 20.4 Å². The lowest BCUT2D eigenvalue weighted by Crippen LogP contribution is -2.38. The van der Waals surface area contributed by atoms with E-state index in [0.717, 1.165) is 23.6 Å². The molecular formula is C16H20N4O. The van der Waals surface area contributed by atoms with Gasteiger partial charge in [-0.25, -0.2) is 0 Å². The first-order valence-electron chi connectivity index (χ1n) is 7.78. The normalized spacial score (nSPS) is 28.0. The van der Waals surface area contributed by atoms with Crippen LogP contribution < -0.4 is 5.32 Å². The Morgan fingerprint density at radius 1 is 1.29 bits per heavy atom. The van der Waals surface area contributed by atoms with E-state index in [1.54, 1.807) is 6.20 Å². The third-order valence-corrected chi connectivity index (χ3v) is 4.72. The summed E-state index contributed by atoms with van der Waals surface area (Å²) in [5.41, 5.74) is 1.89. The molecule has 21 heavy (non-hydrogen) atoms. The highest BCUT2D eigenvalue weighted by Gasteiger charge is 2.34. The molecule has 2 aliphatic rings. The van der Waals surface area contributed by atoms with Crippen LogP contribution >= 0.6 is 0 Å². The highest BCUT2D eigenvalue weighted by molar-refractivity contribution is 5.53. The van der Waals surface area contributed by atoms with Crippen molar-refractivity contribution < 1.29 is 4.52 Å². The van der Waals surface area contributed by atoms with Crippen LogP contribution in [0.1, 0.15) is 37.1 Å². The number of hydrogen-bond donors (Lipinski definition) is 1. The van der Waals surface area contributed by atoms with Crippen LogP contribution in [0.15, 0.2) is 22.9 Å². The van der Waals surface area contributed by atoms with Gasteiger partial charge >= 0.3 is 0 Å². The van der Waals surface area contributed by atoms with Gasteiger partial charge in [0, 0.05) is 24.7 Å². The molecule has 1 N–H and O–H groups in total. The van der Waals surface area contributed by atoms with Gasteiger partial charge in [0.15, 0.2) is 0 Å². The van der Waals surface area contributed by atoms with E-state index >= 15 is 0 Å². The fraction of sp³-hybridized carbons (Fsp3) is 0.562. The van der Waals surface area contributed by atoms with Gasteiger partial charge in [-0.3, -0.25) is 4.98 Å². The molecule has 5 heteroatoms. The van der Waals surface area contributed by atoms with E-state index in [1.807, 2.05) is 19.1 Å². The number of aromatic nitrogens is 3. The lowest BCUT2D eigenvalue weighted by atomic mass is 9.90. The van der Waals surface area contributed by atoms with Crippen LogP contribution in [0.5, 0.6) is 0 Å². The van der Waals surface area contributed by atoms with Crippen LogP contribution in [0.2, 0.25) is 0 Å². The minimum Gasteiger partial charge on any atom is -0.339 e. The number of aryl methyl sites for hydroxylation is 1. The predicted octanol–water partition coefficient (Wildman–Crippen LogP) is 2.51. The summed E-state index contributed by atoms with van der Waals surface area (Å²) in [6.45, 7) is 2.02. The number of nitrogens with one attached hydrogen (secondary N) is 1. The summed E-state index contributed by atoms with van der Waals surface area (Å²) < 4.78 is 5.45. The van der Waals surface area contributed by atoms with Crippen molar-refractivity contribution in [3.63, 3.8) is 0 Å². The van der Waals surface area contributed by atoms with Crippen LogP contribution in [0.4, 0.5) is 0 Å². The van der Waals surface area contributed by atoms with E-state index in [2.05, 4.69) is 20.4 Å². The second-order valence-electron chi connectivity index (χ2n) is 6.36. The zero-order chi connectivity index (χ0) is 14.2. The van der Waals surface area contributed by atoms with Crippen LogP contribution in [0.25, 0.3) is 11.5 Å². The van der Waals surface area contributed by atoms with Crippen LogP contribution in [-0.4, -0.2) is 27.2 Å². The molecule has 0 amide bonds. The first-order valence-corrected chi connectivity index (χ1v) is 7.78. The molecule has 2 bridgehead atoms. The van der Waals surface area contributed by atoms with E-state index in [0.29, 0.717) is 23.8 Å². The maximum absolute atomic E-state index is 5.45. The second kappa shape index (κ2) is 5.22. The van der Waals surface area contributed by atoms with E-state index in [4.69, 9.17) is 4.52 Å². The van der Waals surface area contributed by atoms with Crippen molar-refractivity contribution in [3.8, 4) is 11.5 Å². The summed E-state index contributed by atoms with van der Waals surface area (Å²) in [5, 5.41) is 7.77. The smallest absolute Gasteiger partial charge is 0.227 e. The average molecular weight is 284 g/mol. The fourth-order valence-corrected chi connectivity index (χ4v) is 3.74. The maximum atomic E-state index is 5.45. The number of fused-ring (bicyclic) bond motifs is 2. The van der Waals surface area contributed by atoms with Crippen molar-refractivity contribution in [2.75, 3.05) is 0 Å². The largest absolute Gasteiger partial charge is 0.339 e. The Morgan fingerprint density at radius 3 is 2.86 bits per heavy atom. The highest BCUT2D eigenvalue weighted by atomic mass is 16.5. The number of pyridine rings is 1. The first-order chi connectivity index (χ1) is 10.3. The fourth-order valence-electron chi connectivity index (χ4n) is 3.74. The van der Waals surface area contributed by atoms with E-state index < -0.39 is 0 Å². The van der Waals surface area contributed by atoms with Gasteiger partial charge in [-0.1, -0.05) is 11.2 Å². The zero-order valence-electron chi connectivity index (χ0n) is 12.2. The Bertz CT molecular complexity index is 627. The van der Waals surface area contributed by atoms with Gasteiger partial charge in [0.25, 0.3) is 0 Å². The average Bonchev–Trinajstić information content (AvgIpc) is 3.06. The molecule has 2 atom stereocenters. The lowest BCUT2D eigenvalue weighted by Gasteiger charge is -2.27. The van der Waals surface area contributed by atoms with Crippen molar-refractivity contribution in [2.24, 2.45) is 5.92 Å². The molecule has 2 saturated heterocycles. The minimum atomic E-state index is 0.611. The molecule has 0 saturated carbocycles. The molecule has 2 aliphatic heterocycles. The minimum absolute atomic E-state index is 0.611. The Balaban J connectivity index is 1.49. The van der Waals surface area contributed by atoms with Crippen molar-refractivity contribution >= 4 is 0 Å². The molecule has 0 radical (unpaired) electrons. The molecule has 5 nitrogen and oxygen atoms in total. The maximum Gasteiger partial charge on any atom is 0.227 e. The van der Waals surface area contributed by atoms with Crippen molar-refractivity contribution in [1.29, 1.82) is 0 Å². The zero-order valence-corrected chi connectivity index (χ0v) is 12.2. The predicted molar refractivity (Wildman–Crippen MR) is 78.6 cm³/mol. The van der Waals surface area contributed by atoms with Gasteiger partial charge < -0.3 is 9.84 Å². The number of rotatable bonds is 3. The standard InChI is InChI=1S/C16H20N4O/c1-10-3-2-6-17-15(10)16-19-14(21-20-16)9-11-7-12-4-5-13(8-11)18-12/h2-3,6,11-13,18H,4-5,7-9H2,1H3. The van der Waals surface area contributed by atoms with Gasteiger partial charge in [-0.2, -0.15) is 4.98 Å². The molecule has 0 aliphatic carbocycles. The molecule has 4 rings (SSSR count). The third-order valence-electron chi connectivity index (χ3n) is 4.72. The number of nitrogens with zero attached hydrogens (tertiary/aromatic N) is 3.